The van der Waals surface area contributed by atoms with Gasteiger partial charge in [-0.15, -0.1) is 10.2 Å². The van der Waals surface area contributed by atoms with Crippen molar-refractivity contribution >= 4 is 23.2 Å². The summed E-state index contributed by atoms with van der Waals surface area (Å²) in [6.07, 6.45) is 1.72. The molecule has 4 rings (SSSR count). The standard InChI is InChI=1S/C26H28ClN5O3/c1-26(2,28)25(33)29-22(16-35-15-17-8-5-4-6-9-17)24-31-30-23-21(13-19(27)14-32(23)24)18-10-7-11-20(12-18)34-3/h4-14,22H,15-16,28H2,1-3H3,(H,29,33)/t22-/m1/s1. The Kier molecular flexibility index (Phi) is 7.35. The van der Waals surface area contributed by atoms with E-state index in [0.717, 1.165) is 16.7 Å². The number of amides is 1. The monoisotopic (exact) mass is 493 g/mol. The van der Waals surface area contributed by atoms with Crippen LogP contribution in [-0.4, -0.2) is 39.8 Å². The molecule has 0 unspecified atom stereocenters. The fraction of sp³-hybridized carbons (Fsp3) is 0.269. The van der Waals surface area contributed by atoms with E-state index in [1.54, 1.807) is 31.6 Å². The molecule has 0 aliphatic heterocycles. The minimum absolute atomic E-state index is 0.165. The van der Waals surface area contributed by atoms with Crippen LogP contribution in [0.15, 0.2) is 66.9 Å². The summed E-state index contributed by atoms with van der Waals surface area (Å²) < 4.78 is 13.1. The Balaban J connectivity index is 1.70. The molecule has 35 heavy (non-hydrogen) atoms. The van der Waals surface area contributed by atoms with Crippen molar-refractivity contribution in [2.24, 2.45) is 5.73 Å². The summed E-state index contributed by atoms with van der Waals surface area (Å²) >= 11 is 6.50. The summed E-state index contributed by atoms with van der Waals surface area (Å²) in [5.41, 5.74) is 8.22. The fourth-order valence-corrected chi connectivity index (χ4v) is 3.82. The van der Waals surface area contributed by atoms with Gasteiger partial charge in [0.2, 0.25) is 5.91 Å². The molecule has 8 nitrogen and oxygen atoms in total. The number of hydrogen-bond donors (Lipinski definition) is 2. The number of methoxy groups -OCH3 is 1. The summed E-state index contributed by atoms with van der Waals surface area (Å²) in [6, 6.07) is 18.6. The minimum atomic E-state index is -1.08. The number of hydrogen-bond acceptors (Lipinski definition) is 6. The zero-order valence-electron chi connectivity index (χ0n) is 19.9. The molecule has 0 saturated heterocycles. The summed E-state index contributed by atoms with van der Waals surface area (Å²) in [5.74, 6) is 0.861. The van der Waals surface area contributed by atoms with E-state index < -0.39 is 11.6 Å². The van der Waals surface area contributed by atoms with Crippen LogP contribution in [0.3, 0.4) is 0 Å². The second-order valence-electron chi connectivity index (χ2n) is 8.80. The van der Waals surface area contributed by atoms with E-state index in [4.69, 9.17) is 26.8 Å². The summed E-state index contributed by atoms with van der Waals surface area (Å²) in [5, 5.41) is 12.3. The molecule has 0 aliphatic carbocycles. The zero-order valence-corrected chi connectivity index (χ0v) is 20.6. The van der Waals surface area contributed by atoms with Gasteiger partial charge in [-0.25, -0.2) is 0 Å². The van der Waals surface area contributed by atoms with Crippen LogP contribution in [0.25, 0.3) is 16.8 Å². The first-order valence-electron chi connectivity index (χ1n) is 11.2. The van der Waals surface area contributed by atoms with E-state index in [1.165, 1.54) is 0 Å². The highest BCUT2D eigenvalue weighted by Gasteiger charge is 2.28. The van der Waals surface area contributed by atoms with Gasteiger partial charge in [0.15, 0.2) is 11.5 Å². The van der Waals surface area contributed by atoms with E-state index in [2.05, 4.69) is 15.5 Å². The lowest BCUT2D eigenvalue weighted by Gasteiger charge is -2.23. The Morgan fingerprint density at radius 2 is 1.91 bits per heavy atom. The lowest BCUT2D eigenvalue weighted by Crippen LogP contribution is -2.50. The molecule has 0 aliphatic rings. The molecule has 2 heterocycles. The molecular weight excluding hydrogens is 466 g/mol. The van der Waals surface area contributed by atoms with Gasteiger partial charge in [0.25, 0.3) is 0 Å². The molecule has 3 N–H and O–H groups in total. The van der Waals surface area contributed by atoms with Crippen molar-refractivity contribution in [3.8, 4) is 16.9 Å². The molecular formula is C26H28ClN5O3. The molecule has 0 radical (unpaired) electrons. The Hall–Kier alpha value is -3.46. The molecule has 2 aromatic heterocycles. The largest absolute Gasteiger partial charge is 0.497 e. The van der Waals surface area contributed by atoms with E-state index in [9.17, 15) is 4.79 Å². The molecule has 0 spiro atoms. The Morgan fingerprint density at radius 3 is 2.63 bits per heavy atom. The van der Waals surface area contributed by atoms with Gasteiger partial charge in [0.05, 0.1) is 30.9 Å². The maximum absolute atomic E-state index is 12.8. The number of pyridine rings is 1. The Labute approximate surface area is 209 Å². The lowest BCUT2D eigenvalue weighted by atomic mass is 10.1. The maximum atomic E-state index is 12.8. The minimum Gasteiger partial charge on any atom is -0.497 e. The normalized spacial score (nSPS) is 12.5. The number of carbonyl (C=O) groups is 1. The average molecular weight is 494 g/mol. The van der Waals surface area contributed by atoms with Gasteiger partial charge in [-0.2, -0.15) is 0 Å². The van der Waals surface area contributed by atoms with Crippen molar-refractivity contribution in [3.05, 3.63) is 83.3 Å². The third kappa shape index (κ3) is 5.79. The maximum Gasteiger partial charge on any atom is 0.240 e. The number of aromatic nitrogens is 3. The smallest absolute Gasteiger partial charge is 0.240 e. The number of carbonyl (C=O) groups excluding carboxylic acids is 1. The molecule has 9 heteroatoms. The lowest BCUT2D eigenvalue weighted by molar-refractivity contribution is -0.126. The highest BCUT2D eigenvalue weighted by atomic mass is 35.5. The number of ether oxygens (including phenoxy) is 2. The summed E-state index contributed by atoms with van der Waals surface area (Å²) in [7, 11) is 1.61. The molecule has 2 aromatic carbocycles. The fourth-order valence-electron chi connectivity index (χ4n) is 3.61. The van der Waals surface area contributed by atoms with Gasteiger partial charge < -0.3 is 20.5 Å². The molecule has 0 saturated carbocycles. The first kappa shape index (κ1) is 24.7. The van der Waals surface area contributed by atoms with E-state index in [1.807, 2.05) is 60.7 Å². The topological polar surface area (TPSA) is 104 Å². The van der Waals surface area contributed by atoms with Crippen LogP contribution >= 0.6 is 11.6 Å². The van der Waals surface area contributed by atoms with E-state index in [-0.39, 0.29) is 12.5 Å². The van der Waals surface area contributed by atoms with Gasteiger partial charge in [-0.3, -0.25) is 9.20 Å². The molecule has 182 valence electrons. The summed E-state index contributed by atoms with van der Waals surface area (Å²) in [6.45, 7) is 3.83. The number of halogens is 1. The quantitative estimate of drug-likeness (QED) is 0.362. The number of fused-ring (bicyclic) bond motifs is 1. The molecule has 1 atom stereocenters. The van der Waals surface area contributed by atoms with Crippen LogP contribution in [0.2, 0.25) is 5.02 Å². The third-order valence-corrected chi connectivity index (χ3v) is 5.68. The predicted octanol–water partition coefficient (Wildman–Crippen LogP) is 4.17. The van der Waals surface area contributed by atoms with Gasteiger partial charge in [0, 0.05) is 11.8 Å². The van der Waals surface area contributed by atoms with Crippen LogP contribution in [0, 0.1) is 0 Å². The second-order valence-corrected chi connectivity index (χ2v) is 9.24. The van der Waals surface area contributed by atoms with Crippen molar-refractivity contribution in [1.82, 2.24) is 19.9 Å². The number of nitrogens with two attached hydrogens (primary N) is 1. The van der Waals surface area contributed by atoms with Crippen molar-refractivity contribution in [1.29, 1.82) is 0 Å². The third-order valence-electron chi connectivity index (χ3n) is 5.48. The van der Waals surface area contributed by atoms with Gasteiger partial charge in [-0.1, -0.05) is 54.1 Å². The van der Waals surface area contributed by atoms with E-state index in [0.29, 0.717) is 28.9 Å². The van der Waals surface area contributed by atoms with Gasteiger partial charge in [-0.05, 0) is 43.2 Å². The Bertz CT molecular complexity index is 1320. The van der Waals surface area contributed by atoms with Crippen LogP contribution in [0.1, 0.15) is 31.3 Å². The van der Waals surface area contributed by atoms with Gasteiger partial charge >= 0.3 is 0 Å². The summed E-state index contributed by atoms with van der Waals surface area (Å²) in [4.78, 5) is 12.8. The average Bonchev–Trinajstić information content (AvgIpc) is 3.26. The second kappa shape index (κ2) is 10.4. The van der Waals surface area contributed by atoms with Crippen LogP contribution in [0.4, 0.5) is 0 Å². The molecule has 0 bridgehead atoms. The van der Waals surface area contributed by atoms with E-state index >= 15 is 0 Å². The highest BCUT2D eigenvalue weighted by molar-refractivity contribution is 6.30. The Morgan fingerprint density at radius 1 is 1.14 bits per heavy atom. The van der Waals surface area contributed by atoms with Crippen molar-refractivity contribution in [2.75, 3.05) is 13.7 Å². The zero-order chi connectivity index (χ0) is 25.0. The first-order valence-corrected chi connectivity index (χ1v) is 11.5. The highest BCUT2D eigenvalue weighted by Crippen LogP contribution is 2.30. The molecule has 0 fully saturated rings. The van der Waals surface area contributed by atoms with Crippen LogP contribution in [0.5, 0.6) is 5.75 Å². The van der Waals surface area contributed by atoms with Crippen molar-refractivity contribution in [3.63, 3.8) is 0 Å². The van der Waals surface area contributed by atoms with Crippen LogP contribution < -0.4 is 15.8 Å². The van der Waals surface area contributed by atoms with Crippen molar-refractivity contribution < 1.29 is 14.3 Å². The molecule has 4 aromatic rings. The SMILES string of the molecule is COc1cccc(-c2cc(Cl)cn3c([C@@H](COCc4ccccc4)NC(=O)C(C)(C)N)nnc23)c1. The van der Waals surface area contributed by atoms with Crippen molar-refractivity contribution in [2.45, 2.75) is 32.0 Å². The van der Waals surface area contributed by atoms with Gasteiger partial charge in [0.1, 0.15) is 11.8 Å². The number of nitrogens with zero attached hydrogens (tertiary/aromatic N) is 3. The van der Waals surface area contributed by atoms with Crippen LogP contribution in [-0.2, 0) is 16.1 Å². The number of benzene rings is 2. The first-order chi connectivity index (χ1) is 16.8. The number of rotatable bonds is 9. The predicted molar refractivity (Wildman–Crippen MR) is 135 cm³/mol. The number of nitrogens with one attached hydrogen (secondary N) is 1. The molecule has 1 amide bonds.